The highest BCUT2D eigenvalue weighted by Gasteiger charge is 2.25. The van der Waals surface area contributed by atoms with Crippen LogP contribution in [0.25, 0.3) is 11.0 Å². The molecule has 5 heteroatoms. The minimum Gasteiger partial charge on any atom is -0.326 e. The zero-order chi connectivity index (χ0) is 14.8. The van der Waals surface area contributed by atoms with Crippen LogP contribution in [-0.4, -0.2) is 39.5 Å². The number of likely N-dealkylation sites (N-methyl/N-ethyl adjacent to an activating group) is 1. The SMILES string of the molecule is CCN1CCCC1Cn1c(CCCl)nc2ccc(Cl)cc21. The fraction of sp³-hybridized carbons (Fsp3) is 0.562. The Bertz CT molecular complexity index is 623. The van der Waals surface area contributed by atoms with Gasteiger partial charge in [0.15, 0.2) is 0 Å². The van der Waals surface area contributed by atoms with Crippen molar-refractivity contribution >= 4 is 34.2 Å². The number of likely N-dealkylation sites (tertiary alicyclic amines) is 1. The van der Waals surface area contributed by atoms with E-state index in [4.69, 9.17) is 28.2 Å². The number of halogens is 2. The number of fused-ring (bicyclic) bond motifs is 1. The van der Waals surface area contributed by atoms with E-state index in [0.717, 1.165) is 41.4 Å². The molecule has 0 aliphatic carbocycles. The topological polar surface area (TPSA) is 21.1 Å². The van der Waals surface area contributed by atoms with E-state index in [-0.39, 0.29) is 0 Å². The number of nitrogens with zero attached hydrogens (tertiary/aromatic N) is 3. The number of imidazole rings is 1. The van der Waals surface area contributed by atoms with Gasteiger partial charge in [-0.15, -0.1) is 11.6 Å². The molecule has 1 unspecified atom stereocenters. The van der Waals surface area contributed by atoms with Gasteiger partial charge in [0.25, 0.3) is 0 Å². The summed E-state index contributed by atoms with van der Waals surface area (Å²) in [6.07, 6.45) is 3.35. The van der Waals surface area contributed by atoms with Crippen molar-refractivity contribution in [2.24, 2.45) is 0 Å². The van der Waals surface area contributed by atoms with Crippen LogP contribution in [0.5, 0.6) is 0 Å². The lowest BCUT2D eigenvalue weighted by atomic mass is 10.2. The molecule has 0 saturated carbocycles. The lowest BCUT2D eigenvalue weighted by Crippen LogP contribution is -2.33. The van der Waals surface area contributed by atoms with Crippen molar-refractivity contribution in [3.63, 3.8) is 0 Å². The maximum atomic E-state index is 6.17. The van der Waals surface area contributed by atoms with Crippen molar-refractivity contribution in [3.8, 4) is 0 Å². The van der Waals surface area contributed by atoms with Crippen LogP contribution >= 0.6 is 23.2 Å². The lowest BCUT2D eigenvalue weighted by Gasteiger charge is -2.24. The fourth-order valence-corrected chi connectivity index (χ4v) is 3.69. The molecule has 3 rings (SSSR count). The molecule has 0 N–H and O–H groups in total. The summed E-state index contributed by atoms with van der Waals surface area (Å²) in [6, 6.07) is 6.52. The van der Waals surface area contributed by atoms with Crippen molar-refractivity contribution < 1.29 is 0 Å². The number of aryl methyl sites for hydroxylation is 1. The second kappa shape index (κ2) is 6.55. The molecule has 1 aromatic carbocycles. The standard InChI is InChI=1S/C16H21Cl2N3/c1-2-20-9-3-4-13(20)11-21-15-10-12(18)5-6-14(15)19-16(21)7-8-17/h5-6,10,13H,2-4,7-9,11H2,1H3. The smallest absolute Gasteiger partial charge is 0.111 e. The summed E-state index contributed by atoms with van der Waals surface area (Å²) in [6.45, 7) is 5.54. The van der Waals surface area contributed by atoms with Gasteiger partial charge in [0.2, 0.25) is 0 Å². The summed E-state index contributed by atoms with van der Waals surface area (Å²) in [7, 11) is 0. The normalized spacial score (nSPS) is 19.7. The van der Waals surface area contributed by atoms with Gasteiger partial charge >= 0.3 is 0 Å². The Morgan fingerprint density at radius 2 is 2.24 bits per heavy atom. The number of hydrogen-bond donors (Lipinski definition) is 0. The third-order valence-corrected chi connectivity index (χ3v) is 4.83. The van der Waals surface area contributed by atoms with Gasteiger partial charge in [-0.05, 0) is 44.1 Å². The maximum absolute atomic E-state index is 6.17. The molecule has 0 bridgehead atoms. The average Bonchev–Trinajstić information content (AvgIpc) is 3.05. The average molecular weight is 326 g/mol. The first-order chi connectivity index (χ1) is 10.2. The highest BCUT2D eigenvalue weighted by Crippen LogP contribution is 2.25. The number of rotatable bonds is 5. The minimum absolute atomic E-state index is 0.596. The Kier molecular flexibility index (Phi) is 4.72. The molecule has 1 saturated heterocycles. The van der Waals surface area contributed by atoms with Gasteiger partial charge < -0.3 is 4.57 Å². The van der Waals surface area contributed by atoms with Crippen LogP contribution in [0.15, 0.2) is 18.2 Å². The summed E-state index contributed by atoms with van der Waals surface area (Å²) in [4.78, 5) is 7.29. The zero-order valence-corrected chi connectivity index (χ0v) is 13.9. The highest BCUT2D eigenvalue weighted by atomic mass is 35.5. The number of aromatic nitrogens is 2. The molecule has 0 amide bonds. The summed E-state index contributed by atoms with van der Waals surface area (Å²) >= 11 is 12.1. The summed E-state index contributed by atoms with van der Waals surface area (Å²) in [5.41, 5.74) is 2.14. The number of alkyl halides is 1. The van der Waals surface area contributed by atoms with Crippen molar-refractivity contribution in [1.82, 2.24) is 14.5 Å². The van der Waals surface area contributed by atoms with Crippen LogP contribution in [0.1, 0.15) is 25.6 Å². The summed E-state index contributed by atoms with van der Waals surface area (Å²) in [5, 5.41) is 0.764. The van der Waals surface area contributed by atoms with Crippen molar-refractivity contribution in [3.05, 3.63) is 29.0 Å². The number of benzene rings is 1. The van der Waals surface area contributed by atoms with Gasteiger partial charge in [-0.3, -0.25) is 4.90 Å². The molecular weight excluding hydrogens is 305 g/mol. The van der Waals surface area contributed by atoms with Crippen LogP contribution in [0.3, 0.4) is 0 Å². The first-order valence-corrected chi connectivity index (χ1v) is 8.59. The van der Waals surface area contributed by atoms with Gasteiger partial charge in [-0.1, -0.05) is 18.5 Å². The Hall–Kier alpha value is -0.770. The summed E-state index contributed by atoms with van der Waals surface area (Å²) < 4.78 is 2.32. The monoisotopic (exact) mass is 325 g/mol. The molecular formula is C16H21Cl2N3. The first kappa shape index (κ1) is 15.1. The van der Waals surface area contributed by atoms with Crippen molar-refractivity contribution in [2.75, 3.05) is 19.0 Å². The van der Waals surface area contributed by atoms with E-state index in [0.29, 0.717) is 11.9 Å². The molecule has 1 aliphatic heterocycles. The van der Waals surface area contributed by atoms with Crippen LogP contribution in [0, 0.1) is 0 Å². The van der Waals surface area contributed by atoms with Gasteiger partial charge in [0.1, 0.15) is 5.82 Å². The molecule has 21 heavy (non-hydrogen) atoms. The van der Waals surface area contributed by atoms with Crippen molar-refractivity contribution in [2.45, 2.75) is 38.8 Å². The largest absolute Gasteiger partial charge is 0.326 e. The number of hydrogen-bond acceptors (Lipinski definition) is 2. The Balaban J connectivity index is 1.98. The van der Waals surface area contributed by atoms with Gasteiger partial charge in [-0.25, -0.2) is 4.98 Å². The molecule has 1 fully saturated rings. The van der Waals surface area contributed by atoms with E-state index in [1.165, 1.54) is 19.4 Å². The maximum Gasteiger partial charge on any atom is 0.111 e. The van der Waals surface area contributed by atoms with Crippen LogP contribution in [-0.2, 0) is 13.0 Å². The molecule has 2 aromatic rings. The van der Waals surface area contributed by atoms with E-state index in [9.17, 15) is 0 Å². The van der Waals surface area contributed by atoms with Crippen molar-refractivity contribution in [1.29, 1.82) is 0 Å². The molecule has 2 heterocycles. The van der Waals surface area contributed by atoms with Gasteiger partial charge in [0.05, 0.1) is 11.0 Å². The quantitative estimate of drug-likeness (QED) is 0.776. The van der Waals surface area contributed by atoms with Gasteiger partial charge in [0, 0.05) is 29.9 Å². The second-order valence-corrected chi connectivity index (χ2v) is 6.45. The predicted molar refractivity (Wildman–Crippen MR) is 89.4 cm³/mol. The Labute approximate surface area is 135 Å². The second-order valence-electron chi connectivity index (χ2n) is 5.64. The molecule has 1 aliphatic rings. The third kappa shape index (κ3) is 3.05. The minimum atomic E-state index is 0.596. The zero-order valence-electron chi connectivity index (χ0n) is 12.4. The molecule has 114 valence electrons. The summed E-state index contributed by atoms with van der Waals surface area (Å²) in [5.74, 6) is 1.67. The first-order valence-electron chi connectivity index (χ1n) is 7.67. The van der Waals surface area contributed by atoms with E-state index < -0.39 is 0 Å². The molecule has 1 atom stereocenters. The molecule has 1 aromatic heterocycles. The third-order valence-electron chi connectivity index (χ3n) is 4.41. The van der Waals surface area contributed by atoms with E-state index in [1.54, 1.807) is 0 Å². The molecule has 0 spiro atoms. The lowest BCUT2D eigenvalue weighted by molar-refractivity contribution is 0.244. The van der Waals surface area contributed by atoms with E-state index in [1.807, 2.05) is 18.2 Å². The van der Waals surface area contributed by atoms with E-state index in [2.05, 4.69) is 16.4 Å². The Morgan fingerprint density at radius 3 is 3.00 bits per heavy atom. The van der Waals surface area contributed by atoms with Gasteiger partial charge in [-0.2, -0.15) is 0 Å². The van der Waals surface area contributed by atoms with E-state index >= 15 is 0 Å². The highest BCUT2D eigenvalue weighted by molar-refractivity contribution is 6.31. The van der Waals surface area contributed by atoms with Crippen LogP contribution in [0.4, 0.5) is 0 Å². The predicted octanol–water partition coefficient (Wildman–Crippen LogP) is 3.96. The molecule has 0 radical (unpaired) electrons. The Morgan fingerprint density at radius 1 is 1.38 bits per heavy atom. The molecule has 3 nitrogen and oxygen atoms in total. The fourth-order valence-electron chi connectivity index (χ4n) is 3.35. The van der Waals surface area contributed by atoms with Crippen LogP contribution < -0.4 is 0 Å². The van der Waals surface area contributed by atoms with Crippen LogP contribution in [0.2, 0.25) is 5.02 Å².